The molecule has 0 saturated carbocycles. The van der Waals surface area contributed by atoms with E-state index >= 15 is 0 Å². The number of aryl methyl sites for hydroxylation is 1. The highest BCUT2D eigenvalue weighted by Crippen LogP contribution is 2.36. The molecule has 0 unspecified atom stereocenters. The van der Waals surface area contributed by atoms with Gasteiger partial charge in [-0.15, -0.1) is 10.2 Å². The second-order valence-electron chi connectivity index (χ2n) is 4.97. The van der Waals surface area contributed by atoms with Gasteiger partial charge in [-0.3, -0.25) is 0 Å². The van der Waals surface area contributed by atoms with E-state index in [1.54, 1.807) is 14.2 Å². The Kier molecular flexibility index (Phi) is 4.43. The van der Waals surface area contributed by atoms with Crippen molar-refractivity contribution in [1.29, 1.82) is 0 Å². The molecule has 2 aromatic carbocycles. The monoisotopic (exact) mass is 327 g/mol. The number of rotatable bonds is 5. The van der Waals surface area contributed by atoms with Crippen molar-refractivity contribution in [3.63, 3.8) is 0 Å². The highest BCUT2D eigenvalue weighted by atomic mass is 32.1. The standard InChI is InChI=1S/C17H17N3O2S/c1-11-4-6-12(7-5-11)18-17-20-19-16(23-17)14-9-8-13(21-2)10-15(14)22-3/h4-10H,1-3H3,(H,18,20). The van der Waals surface area contributed by atoms with Crippen molar-refractivity contribution in [2.24, 2.45) is 0 Å². The van der Waals surface area contributed by atoms with Gasteiger partial charge in [-0.25, -0.2) is 0 Å². The number of nitrogens with zero attached hydrogens (tertiary/aromatic N) is 2. The molecule has 0 aliphatic heterocycles. The topological polar surface area (TPSA) is 56.3 Å². The molecule has 3 rings (SSSR count). The molecule has 6 heteroatoms. The van der Waals surface area contributed by atoms with E-state index in [4.69, 9.17) is 9.47 Å². The molecular formula is C17H17N3O2S. The molecule has 1 N–H and O–H groups in total. The van der Waals surface area contributed by atoms with Gasteiger partial charge in [-0.1, -0.05) is 29.0 Å². The van der Waals surface area contributed by atoms with E-state index in [-0.39, 0.29) is 0 Å². The minimum absolute atomic E-state index is 0.711. The molecule has 0 bridgehead atoms. The Hall–Kier alpha value is -2.60. The van der Waals surface area contributed by atoms with Crippen molar-refractivity contribution >= 4 is 22.2 Å². The van der Waals surface area contributed by atoms with Crippen LogP contribution in [0.4, 0.5) is 10.8 Å². The summed E-state index contributed by atoms with van der Waals surface area (Å²) in [6.45, 7) is 2.06. The second kappa shape index (κ2) is 6.66. The Morgan fingerprint density at radius 3 is 2.43 bits per heavy atom. The van der Waals surface area contributed by atoms with Gasteiger partial charge in [0.05, 0.1) is 19.8 Å². The zero-order valence-electron chi connectivity index (χ0n) is 13.2. The third-order valence-electron chi connectivity index (χ3n) is 3.37. The lowest BCUT2D eigenvalue weighted by molar-refractivity contribution is 0.395. The lowest BCUT2D eigenvalue weighted by atomic mass is 10.2. The van der Waals surface area contributed by atoms with Gasteiger partial charge in [0.2, 0.25) is 5.13 Å². The third-order valence-corrected chi connectivity index (χ3v) is 4.24. The maximum atomic E-state index is 5.42. The van der Waals surface area contributed by atoms with Crippen molar-refractivity contribution in [2.45, 2.75) is 6.92 Å². The second-order valence-corrected chi connectivity index (χ2v) is 5.95. The van der Waals surface area contributed by atoms with E-state index < -0.39 is 0 Å². The number of benzene rings is 2. The quantitative estimate of drug-likeness (QED) is 0.758. The zero-order chi connectivity index (χ0) is 16.2. The van der Waals surface area contributed by atoms with Gasteiger partial charge in [0.15, 0.2) is 5.01 Å². The summed E-state index contributed by atoms with van der Waals surface area (Å²) in [6, 6.07) is 13.8. The maximum absolute atomic E-state index is 5.42. The van der Waals surface area contributed by atoms with Crippen LogP contribution in [0.5, 0.6) is 11.5 Å². The average molecular weight is 327 g/mol. The number of hydrogen-bond acceptors (Lipinski definition) is 6. The average Bonchev–Trinajstić information content (AvgIpc) is 3.04. The molecule has 1 heterocycles. The van der Waals surface area contributed by atoms with Crippen molar-refractivity contribution in [3.05, 3.63) is 48.0 Å². The number of methoxy groups -OCH3 is 2. The first kappa shape index (κ1) is 15.3. The van der Waals surface area contributed by atoms with Gasteiger partial charge in [-0.05, 0) is 31.2 Å². The van der Waals surface area contributed by atoms with E-state index in [0.29, 0.717) is 5.75 Å². The van der Waals surface area contributed by atoms with Crippen LogP contribution in [-0.4, -0.2) is 24.4 Å². The molecule has 0 spiro atoms. The molecule has 0 aliphatic rings. The Morgan fingerprint density at radius 1 is 0.957 bits per heavy atom. The van der Waals surface area contributed by atoms with Crippen molar-refractivity contribution in [3.8, 4) is 22.1 Å². The molecule has 5 nitrogen and oxygen atoms in total. The summed E-state index contributed by atoms with van der Waals surface area (Å²) in [7, 11) is 3.26. The largest absolute Gasteiger partial charge is 0.497 e. The summed E-state index contributed by atoms with van der Waals surface area (Å²) < 4.78 is 10.6. The van der Waals surface area contributed by atoms with Crippen LogP contribution in [-0.2, 0) is 0 Å². The SMILES string of the molecule is COc1ccc(-c2nnc(Nc3ccc(C)cc3)s2)c(OC)c1. The van der Waals surface area contributed by atoms with Gasteiger partial charge < -0.3 is 14.8 Å². The number of anilines is 2. The first-order valence-corrected chi connectivity index (χ1v) is 7.91. The predicted octanol–water partition coefficient (Wildman–Crippen LogP) is 4.27. The van der Waals surface area contributed by atoms with E-state index in [2.05, 4.69) is 34.6 Å². The lowest BCUT2D eigenvalue weighted by Crippen LogP contribution is -1.90. The summed E-state index contributed by atoms with van der Waals surface area (Å²) >= 11 is 1.47. The highest BCUT2D eigenvalue weighted by molar-refractivity contribution is 7.18. The molecule has 0 saturated heterocycles. The molecule has 118 valence electrons. The fourth-order valence-corrected chi connectivity index (χ4v) is 2.91. The Labute approximate surface area is 138 Å². The summed E-state index contributed by atoms with van der Waals surface area (Å²) in [6.07, 6.45) is 0. The minimum atomic E-state index is 0.711. The molecule has 0 radical (unpaired) electrons. The first-order chi connectivity index (χ1) is 11.2. The number of hydrogen-bond donors (Lipinski definition) is 1. The highest BCUT2D eigenvalue weighted by Gasteiger charge is 2.13. The van der Waals surface area contributed by atoms with Crippen LogP contribution >= 0.6 is 11.3 Å². The minimum Gasteiger partial charge on any atom is -0.497 e. The van der Waals surface area contributed by atoms with Crippen molar-refractivity contribution in [1.82, 2.24) is 10.2 Å². The molecule has 0 amide bonds. The van der Waals surface area contributed by atoms with Crippen molar-refractivity contribution in [2.75, 3.05) is 19.5 Å². The fraction of sp³-hybridized carbons (Fsp3) is 0.176. The summed E-state index contributed by atoms with van der Waals surface area (Å²) in [5.41, 5.74) is 3.10. The van der Waals surface area contributed by atoms with Gasteiger partial charge >= 0.3 is 0 Å². The number of nitrogens with one attached hydrogen (secondary N) is 1. The van der Waals surface area contributed by atoms with Crippen LogP contribution in [0.1, 0.15) is 5.56 Å². The third kappa shape index (κ3) is 3.43. The molecule has 1 aromatic heterocycles. The molecule has 0 fully saturated rings. The van der Waals surface area contributed by atoms with E-state index in [0.717, 1.165) is 27.1 Å². The molecule has 0 atom stereocenters. The zero-order valence-corrected chi connectivity index (χ0v) is 14.0. The Bertz CT molecular complexity index is 800. The lowest BCUT2D eigenvalue weighted by Gasteiger charge is -2.07. The number of ether oxygens (including phenoxy) is 2. The fourth-order valence-electron chi connectivity index (χ4n) is 2.12. The molecular weight excluding hydrogens is 310 g/mol. The van der Waals surface area contributed by atoms with E-state index in [9.17, 15) is 0 Å². The van der Waals surface area contributed by atoms with Gasteiger partial charge in [-0.2, -0.15) is 0 Å². The Morgan fingerprint density at radius 2 is 1.74 bits per heavy atom. The van der Waals surface area contributed by atoms with Crippen LogP contribution in [0, 0.1) is 6.92 Å². The Balaban J connectivity index is 1.85. The summed E-state index contributed by atoms with van der Waals surface area (Å²) in [4.78, 5) is 0. The van der Waals surface area contributed by atoms with Crippen LogP contribution in [0.15, 0.2) is 42.5 Å². The van der Waals surface area contributed by atoms with E-state index in [1.807, 2.05) is 30.3 Å². The van der Waals surface area contributed by atoms with Crippen LogP contribution < -0.4 is 14.8 Å². The molecule has 0 aliphatic carbocycles. The van der Waals surface area contributed by atoms with Gasteiger partial charge in [0, 0.05) is 11.8 Å². The van der Waals surface area contributed by atoms with Crippen LogP contribution in [0.2, 0.25) is 0 Å². The van der Waals surface area contributed by atoms with Gasteiger partial charge in [0.1, 0.15) is 11.5 Å². The van der Waals surface area contributed by atoms with Crippen LogP contribution in [0.25, 0.3) is 10.6 Å². The smallest absolute Gasteiger partial charge is 0.210 e. The molecule has 23 heavy (non-hydrogen) atoms. The van der Waals surface area contributed by atoms with Crippen LogP contribution in [0.3, 0.4) is 0 Å². The van der Waals surface area contributed by atoms with E-state index in [1.165, 1.54) is 16.9 Å². The maximum Gasteiger partial charge on any atom is 0.210 e. The number of aromatic nitrogens is 2. The van der Waals surface area contributed by atoms with Gasteiger partial charge in [0.25, 0.3) is 0 Å². The predicted molar refractivity (Wildman–Crippen MR) is 92.9 cm³/mol. The van der Waals surface area contributed by atoms with Crippen molar-refractivity contribution < 1.29 is 9.47 Å². The summed E-state index contributed by atoms with van der Waals surface area (Å²) in [5, 5.41) is 13.2. The normalized spacial score (nSPS) is 10.4. The first-order valence-electron chi connectivity index (χ1n) is 7.09. The molecule has 3 aromatic rings. The summed E-state index contributed by atoms with van der Waals surface area (Å²) in [5.74, 6) is 1.45.